The van der Waals surface area contributed by atoms with Crippen molar-refractivity contribution in [3.05, 3.63) is 11.6 Å². The lowest BCUT2D eigenvalue weighted by molar-refractivity contribution is -0.193. The molecular formula is C37H62O7. The van der Waals surface area contributed by atoms with Gasteiger partial charge < -0.3 is 29.5 Å². The highest BCUT2D eigenvalue weighted by Crippen LogP contribution is 2.68. The summed E-state index contributed by atoms with van der Waals surface area (Å²) in [6, 6.07) is 0. The van der Waals surface area contributed by atoms with Crippen LogP contribution in [0.3, 0.4) is 0 Å². The topological polar surface area (TPSA) is 105 Å². The number of methoxy groups -OCH3 is 1. The first kappa shape index (κ1) is 34.5. The maximum atomic E-state index is 13.9. The van der Waals surface area contributed by atoms with Gasteiger partial charge in [0.1, 0.15) is 6.10 Å². The van der Waals surface area contributed by atoms with Crippen LogP contribution in [0.1, 0.15) is 113 Å². The van der Waals surface area contributed by atoms with Crippen molar-refractivity contribution in [3.63, 3.8) is 0 Å². The van der Waals surface area contributed by atoms with E-state index in [0.29, 0.717) is 37.9 Å². The minimum atomic E-state index is -1.42. The van der Waals surface area contributed by atoms with Gasteiger partial charge in [-0.2, -0.15) is 0 Å². The van der Waals surface area contributed by atoms with Crippen LogP contribution in [-0.2, 0) is 19.0 Å². The molecular weight excluding hydrogens is 556 g/mol. The van der Waals surface area contributed by atoms with Crippen LogP contribution in [0.4, 0.5) is 0 Å². The molecule has 4 fully saturated rings. The molecule has 0 unspecified atom stereocenters. The molecule has 0 aromatic heterocycles. The molecule has 7 heteroatoms. The highest BCUT2D eigenvalue weighted by atomic mass is 16.5. The van der Waals surface area contributed by atoms with Crippen LogP contribution < -0.4 is 0 Å². The molecule has 13 atom stereocenters. The van der Waals surface area contributed by atoms with Gasteiger partial charge in [-0.25, -0.2) is 0 Å². The molecule has 5 rings (SSSR count). The van der Waals surface area contributed by atoms with Gasteiger partial charge in [-0.1, -0.05) is 41.5 Å². The van der Waals surface area contributed by atoms with E-state index in [1.54, 1.807) is 20.1 Å². The number of carbonyl (C=O) groups is 1. The van der Waals surface area contributed by atoms with Gasteiger partial charge in [0.05, 0.1) is 29.5 Å². The SMILES string of the molecule is CO[C@H](CCO[C@H]1CC[C@@]2(C)[C@@H](C1)C(=O)C=C1[C@@H]2CC[C@]2(C)[C@@H]([C@](C)(O)[C@H](O)[C@H]3OC[C@H](C)[C@H]3C)CC[C@@]12O)CCC(C)C. The number of allylic oxidation sites excluding steroid dienone is 1. The molecule has 1 heterocycles. The van der Waals surface area contributed by atoms with E-state index in [1.165, 1.54) is 0 Å². The van der Waals surface area contributed by atoms with E-state index < -0.39 is 28.8 Å². The van der Waals surface area contributed by atoms with Crippen molar-refractivity contribution in [1.82, 2.24) is 0 Å². The first-order valence-corrected chi connectivity index (χ1v) is 17.7. The molecule has 252 valence electrons. The Morgan fingerprint density at radius 1 is 1.07 bits per heavy atom. The highest BCUT2D eigenvalue weighted by molar-refractivity contribution is 5.95. The molecule has 44 heavy (non-hydrogen) atoms. The summed E-state index contributed by atoms with van der Waals surface area (Å²) in [6.45, 7) is 16.0. The molecule has 1 aliphatic heterocycles. The molecule has 0 bridgehead atoms. The number of aliphatic hydroxyl groups is 3. The molecule has 0 aromatic carbocycles. The van der Waals surface area contributed by atoms with Gasteiger partial charge in [-0.05, 0) is 118 Å². The molecule has 3 N–H and O–H groups in total. The number of carbonyl (C=O) groups excluding carboxylic acids is 1. The van der Waals surface area contributed by atoms with Crippen LogP contribution >= 0.6 is 0 Å². The summed E-state index contributed by atoms with van der Waals surface area (Å²) < 4.78 is 18.0. The third-order valence-corrected chi connectivity index (χ3v) is 13.8. The lowest BCUT2D eigenvalue weighted by Gasteiger charge is -2.60. The van der Waals surface area contributed by atoms with Crippen LogP contribution in [0.15, 0.2) is 11.6 Å². The van der Waals surface area contributed by atoms with Crippen molar-refractivity contribution in [1.29, 1.82) is 0 Å². The van der Waals surface area contributed by atoms with Crippen LogP contribution in [0.25, 0.3) is 0 Å². The lowest BCUT2D eigenvalue weighted by atomic mass is 9.46. The summed E-state index contributed by atoms with van der Waals surface area (Å²) in [6.07, 6.45) is 8.93. The Bertz CT molecular complexity index is 1070. The van der Waals surface area contributed by atoms with E-state index in [-0.39, 0.29) is 47.1 Å². The quantitative estimate of drug-likeness (QED) is 0.266. The van der Waals surface area contributed by atoms with Crippen molar-refractivity contribution in [3.8, 4) is 0 Å². The number of fused-ring (bicyclic) bond motifs is 5. The van der Waals surface area contributed by atoms with Crippen molar-refractivity contribution in [2.24, 2.45) is 46.3 Å². The Morgan fingerprint density at radius 2 is 1.80 bits per heavy atom. The molecule has 5 aliphatic rings. The summed E-state index contributed by atoms with van der Waals surface area (Å²) in [5, 5.41) is 36.1. The highest BCUT2D eigenvalue weighted by Gasteiger charge is 2.69. The Labute approximate surface area is 266 Å². The number of ether oxygens (including phenoxy) is 3. The summed E-state index contributed by atoms with van der Waals surface area (Å²) in [7, 11) is 1.78. The fourth-order valence-electron chi connectivity index (χ4n) is 10.5. The van der Waals surface area contributed by atoms with Crippen molar-refractivity contribution < 1.29 is 34.3 Å². The van der Waals surface area contributed by atoms with E-state index >= 15 is 0 Å². The Balaban J connectivity index is 1.29. The average Bonchev–Trinajstić information content (AvgIpc) is 3.45. The second kappa shape index (κ2) is 12.6. The maximum absolute atomic E-state index is 13.9. The van der Waals surface area contributed by atoms with Crippen LogP contribution in [0.2, 0.25) is 0 Å². The molecule has 0 radical (unpaired) electrons. The number of ketones is 1. The molecule has 0 spiro atoms. The van der Waals surface area contributed by atoms with Crippen LogP contribution in [0.5, 0.6) is 0 Å². The van der Waals surface area contributed by atoms with Crippen molar-refractivity contribution in [2.75, 3.05) is 20.3 Å². The lowest BCUT2D eigenvalue weighted by Crippen LogP contribution is -2.63. The Morgan fingerprint density at radius 3 is 2.43 bits per heavy atom. The van der Waals surface area contributed by atoms with E-state index in [4.69, 9.17) is 14.2 Å². The van der Waals surface area contributed by atoms with Crippen molar-refractivity contribution in [2.45, 2.75) is 148 Å². The van der Waals surface area contributed by atoms with E-state index in [9.17, 15) is 20.1 Å². The zero-order valence-electron chi connectivity index (χ0n) is 28.8. The minimum absolute atomic E-state index is 0.0712. The summed E-state index contributed by atoms with van der Waals surface area (Å²) in [4.78, 5) is 13.9. The summed E-state index contributed by atoms with van der Waals surface area (Å²) in [5.74, 6) is 0.948. The monoisotopic (exact) mass is 618 g/mol. The third kappa shape index (κ3) is 5.68. The minimum Gasteiger partial charge on any atom is -0.387 e. The average molecular weight is 619 g/mol. The van der Waals surface area contributed by atoms with Crippen LogP contribution in [-0.4, -0.2) is 77.0 Å². The predicted octanol–water partition coefficient (Wildman–Crippen LogP) is 5.87. The number of hydrogen-bond donors (Lipinski definition) is 3. The maximum Gasteiger partial charge on any atom is 0.159 e. The summed E-state index contributed by atoms with van der Waals surface area (Å²) in [5.41, 5.74) is -2.58. The number of rotatable bonds is 11. The Hall–Kier alpha value is -0.830. The van der Waals surface area contributed by atoms with Crippen molar-refractivity contribution >= 4 is 5.78 Å². The zero-order valence-corrected chi connectivity index (χ0v) is 28.8. The smallest absolute Gasteiger partial charge is 0.159 e. The van der Waals surface area contributed by atoms with Gasteiger partial charge in [-0.15, -0.1) is 0 Å². The zero-order chi connectivity index (χ0) is 32.2. The largest absolute Gasteiger partial charge is 0.387 e. The Kier molecular flexibility index (Phi) is 9.92. The van der Waals surface area contributed by atoms with Gasteiger partial charge in [-0.3, -0.25) is 4.79 Å². The fourth-order valence-corrected chi connectivity index (χ4v) is 10.5. The standard InChI is InChI=1S/C37H62O7/c1-22(2)9-10-25(42-8)14-18-43-26-11-15-34(5)27-12-16-35(6)31(36(7,40)33(39)32-24(4)23(3)21-44-32)13-17-37(35,41)28(27)20-30(38)29(34)19-26/h20,22-27,29,31-33,39-41H,9-19,21H2,1-8H3/t23-,24+,25-,26-,27-,29-,31-,32-,33+,34+,35+,36-,37+/m0/s1. The van der Waals surface area contributed by atoms with Gasteiger partial charge >= 0.3 is 0 Å². The first-order valence-electron chi connectivity index (χ1n) is 17.7. The van der Waals surface area contributed by atoms with Gasteiger partial charge in [0.15, 0.2) is 5.78 Å². The van der Waals surface area contributed by atoms with Gasteiger partial charge in [0, 0.05) is 31.7 Å². The van der Waals surface area contributed by atoms with Gasteiger partial charge in [0.2, 0.25) is 0 Å². The van der Waals surface area contributed by atoms with E-state index in [1.807, 2.05) is 0 Å². The third-order valence-electron chi connectivity index (χ3n) is 13.8. The van der Waals surface area contributed by atoms with Gasteiger partial charge in [0.25, 0.3) is 0 Å². The number of hydrogen-bond acceptors (Lipinski definition) is 7. The fraction of sp³-hybridized carbons (Fsp3) is 0.919. The van der Waals surface area contributed by atoms with E-state index in [2.05, 4.69) is 41.5 Å². The van der Waals surface area contributed by atoms with Crippen LogP contribution in [0, 0.1) is 46.3 Å². The molecule has 0 amide bonds. The molecule has 1 saturated heterocycles. The molecule has 7 nitrogen and oxygen atoms in total. The molecule has 0 aromatic rings. The second-order valence-electron chi connectivity index (χ2n) is 16.7. The first-order chi connectivity index (χ1) is 20.6. The number of aliphatic hydroxyl groups excluding tert-OH is 1. The molecule has 4 aliphatic carbocycles. The predicted molar refractivity (Wildman–Crippen MR) is 171 cm³/mol. The summed E-state index contributed by atoms with van der Waals surface area (Å²) >= 11 is 0. The molecule has 3 saturated carbocycles. The van der Waals surface area contributed by atoms with E-state index in [0.717, 1.165) is 56.9 Å². The normalized spacial score (nSPS) is 44.9. The second-order valence-corrected chi connectivity index (χ2v) is 16.7.